The van der Waals surface area contributed by atoms with Crippen LogP contribution in [-0.2, 0) is 33.5 Å². The van der Waals surface area contributed by atoms with Gasteiger partial charge in [-0.15, -0.1) is 0 Å². The maximum absolute atomic E-state index is 14.5. The van der Waals surface area contributed by atoms with Crippen LogP contribution in [0.2, 0.25) is 0 Å². The van der Waals surface area contributed by atoms with Gasteiger partial charge in [0.05, 0.1) is 70.2 Å². The van der Waals surface area contributed by atoms with E-state index < -0.39 is 158 Å². The van der Waals surface area contributed by atoms with Crippen LogP contribution in [0.25, 0.3) is 0 Å². The highest BCUT2D eigenvalue weighted by molar-refractivity contribution is 6.00. The van der Waals surface area contributed by atoms with E-state index in [1.54, 1.807) is 19.1 Å². The van der Waals surface area contributed by atoms with E-state index in [-0.39, 0.29) is 30.0 Å². The molecule has 0 radical (unpaired) electrons. The van der Waals surface area contributed by atoms with Crippen molar-refractivity contribution in [2.75, 3.05) is 47.4 Å². The lowest BCUT2D eigenvalue weighted by Crippen LogP contribution is -2.61. The van der Waals surface area contributed by atoms with Crippen LogP contribution in [0, 0.1) is 18.8 Å². The van der Waals surface area contributed by atoms with Crippen molar-refractivity contribution in [3.8, 4) is 5.75 Å². The number of fused-ring (bicyclic) bond motifs is 2. The maximum atomic E-state index is 14.5. The Morgan fingerprint density at radius 3 is 1.94 bits per heavy atom. The number of nitrogens with one attached hydrogen (secondary N) is 4. The number of phenols is 1. The van der Waals surface area contributed by atoms with E-state index in [2.05, 4.69) is 21.3 Å². The van der Waals surface area contributed by atoms with Crippen molar-refractivity contribution in [2.45, 2.75) is 126 Å². The fourth-order valence-electron chi connectivity index (χ4n) is 8.84. The molecule has 5 rings (SSSR count). The number of likely N-dealkylation sites (N-methyl/N-ethyl adjacent to an activating group) is 1. The summed E-state index contributed by atoms with van der Waals surface area (Å²) in [6.45, 7) is 4.98. The summed E-state index contributed by atoms with van der Waals surface area (Å²) < 4.78 is 6.37. The normalized spacial score (nSPS) is 30.5. The third-order valence-corrected chi connectivity index (χ3v) is 13.1. The Morgan fingerprint density at radius 1 is 0.789 bits per heavy atom. The zero-order valence-corrected chi connectivity index (χ0v) is 40.9. The molecule has 0 aromatic heterocycles. The predicted molar refractivity (Wildman–Crippen MR) is 250 cm³/mol. The molecule has 0 saturated carbocycles. The minimum Gasteiger partial charge on any atom is -0.508 e. The number of nitrogens with zero attached hydrogens (tertiary/aromatic N) is 3. The van der Waals surface area contributed by atoms with Crippen molar-refractivity contribution in [2.24, 2.45) is 11.8 Å². The quantitative estimate of drug-likeness (QED) is 0.0965. The van der Waals surface area contributed by atoms with Gasteiger partial charge in [0.2, 0.25) is 29.5 Å². The van der Waals surface area contributed by atoms with Gasteiger partial charge < -0.3 is 81.1 Å². The molecule has 3 saturated heterocycles. The van der Waals surface area contributed by atoms with Crippen molar-refractivity contribution < 1.29 is 83.6 Å². The number of rotatable bonds is 11. The van der Waals surface area contributed by atoms with E-state index in [4.69, 9.17) is 4.74 Å². The number of aromatic hydroxyl groups is 1. The Morgan fingerprint density at radius 2 is 1.37 bits per heavy atom. The number of carbonyl (C=O) groups excluding carboxylic acids is 7. The standard InChI is InChI=1S/C48H69N7O16/c1-23-8-10-28(11-9-23)42(65)49-32-20-35(61)46(71-17-16-55(5,6)7)52-45(68)38-39(62)24(2)21-54(38)48(70)37(26(4)57)50-43(66)31(41(64)40(63)27-12-14-29(58)15-13-27)19-34(60)33-18-30(59)22-53(33)47(69)36(25(3)56)51-44(32)67/h8-15,24-26,30-33,35-41,46,56-57,59,61-64H,16-22H2,1-7H3,(H4-,49,50,51,52,58,65,66,67,68)/p+1/t24-,25+,26+,30+,31-,32-,33-,35+,36-,37-,38-,39-,40-,41-,46+/m0/s1. The number of amides is 6. The second kappa shape index (κ2) is 23.7. The minimum atomic E-state index is -2.16. The van der Waals surface area contributed by atoms with Gasteiger partial charge in [0.25, 0.3) is 5.91 Å². The molecule has 2 aromatic rings. The van der Waals surface area contributed by atoms with Gasteiger partial charge in [0.15, 0.2) is 12.0 Å². The summed E-state index contributed by atoms with van der Waals surface area (Å²) in [4.78, 5) is 102. The first-order valence-corrected chi connectivity index (χ1v) is 23.6. The smallest absolute Gasteiger partial charge is 0.251 e. The van der Waals surface area contributed by atoms with E-state index in [0.29, 0.717) is 11.0 Å². The largest absolute Gasteiger partial charge is 0.508 e. The molecule has 6 amide bonds. The molecule has 2 aromatic carbocycles. The molecular weight excluding hydrogens is 931 g/mol. The van der Waals surface area contributed by atoms with E-state index in [9.17, 15) is 74.4 Å². The van der Waals surface area contributed by atoms with Crippen molar-refractivity contribution in [1.29, 1.82) is 0 Å². The fraction of sp³-hybridized carbons (Fsp3) is 0.604. The lowest BCUT2D eigenvalue weighted by molar-refractivity contribution is -0.870. The number of carbonyl (C=O) groups is 7. The molecule has 0 bridgehead atoms. The number of ketones is 1. The van der Waals surface area contributed by atoms with Crippen LogP contribution in [0.1, 0.15) is 67.6 Å². The maximum Gasteiger partial charge on any atom is 0.251 e. The number of phenolic OH excluding ortho intramolecular Hbond substituents is 1. The SMILES string of the molecule is Cc1ccc(C(=O)N[C@H]2C[C@@H](O)[C@@H](OCC[N+](C)(C)C)NC(=O)[C@@H]3[C@@H](O)[C@@H](C)CN3C(=O)[C@H]([C@@H](C)O)NC(=O)[C@H]([C@H](O)[C@@H](O)c3ccc(O)cc3)CC(=O)[C@@H]3C[C@@H](O)CN3C(=O)[C@H]([C@@H](C)O)NC2=O)cc1. The van der Waals surface area contributed by atoms with Gasteiger partial charge in [-0.25, -0.2) is 0 Å². The van der Waals surface area contributed by atoms with Gasteiger partial charge in [-0.3, -0.25) is 33.6 Å². The molecule has 0 spiro atoms. The van der Waals surface area contributed by atoms with Gasteiger partial charge in [-0.05, 0) is 50.6 Å². The summed E-state index contributed by atoms with van der Waals surface area (Å²) in [5.74, 6) is -10.4. The molecule has 3 aliphatic heterocycles. The molecule has 392 valence electrons. The van der Waals surface area contributed by atoms with E-state index in [1.165, 1.54) is 43.3 Å². The molecule has 3 fully saturated rings. The highest BCUT2D eigenvalue weighted by Crippen LogP contribution is 2.31. The number of benzene rings is 2. The summed E-state index contributed by atoms with van der Waals surface area (Å²) in [6, 6.07) is 2.22. The van der Waals surface area contributed by atoms with Crippen LogP contribution in [0.15, 0.2) is 48.5 Å². The molecular formula is C48H70N7O16+. The topological polar surface area (TPSA) is 345 Å². The molecule has 3 heterocycles. The van der Waals surface area contributed by atoms with Gasteiger partial charge in [-0.2, -0.15) is 0 Å². The number of aliphatic hydroxyl groups is 7. The third-order valence-electron chi connectivity index (χ3n) is 13.1. The summed E-state index contributed by atoms with van der Waals surface area (Å²) >= 11 is 0. The van der Waals surface area contributed by atoms with Crippen molar-refractivity contribution in [1.82, 2.24) is 31.1 Å². The lowest BCUT2D eigenvalue weighted by atomic mass is 9.86. The van der Waals surface area contributed by atoms with Crippen molar-refractivity contribution in [3.63, 3.8) is 0 Å². The van der Waals surface area contributed by atoms with E-state index in [1.807, 2.05) is 21.1 Å². The molecule has 12 N–H and O–H groups in total. The fourth-order valence-corrected chi connectivity index (χ4v) is 8.84. The van der Waals surface area contributed by atoms with Crippen LogP contribution >= 0.6 is 0 Å². The first kappa shape index (κ1) is 56.3. The van der Waals surface area contributed by atoms with Gasteiger partial charge in [0, 0.05) is 43.8 Å². The molecule has 15 atom stereocenters. The Hall–Kier alpha value is -5.63. The number of quaternary nitrogens is 1. The number of hydrogen-bond acceptors (Lipinski definition) is 16. The van der Waals surface area contributed by atoms with E-state index >= 15 is 0 Å². The molecule has 71 heavy (non-hydrogen) atoms. The average Bonchev–Trinajstić information content (AvgIpc) is 3.84. The number of Topliss-reactive ketones (excluding diaryl/α,β-unsaturated/α-hetero) is 1. The van der Waals surface area contributed by atoms with Crippen LogP contribution in [0.4, 0.5) is 0 Å². The number of ether oxygens (including phenoxy) is 1. The van der Waals surface area contributed by atoms with Crippen LogP contribution in [0.3, 0.4) is 0 Å². The average molecular weight is 1000 g/mol. The molecule has 0 aliphatic carbocycles. The molecule has 0 unspecified atom stereocenters. The second-order valence-electron chi connectivity index (χ2n) is 20.1. The van der Waals surface area contributed by atoms with E-state index in [0.717, 1.165) is 29.2 Å². The minimum absolute atomic E-state index is 0.0169. The second-order valence-corrected chi connectivity index (χ2v) is 20.1. The summed E-state index contributed by atoms with van der Waals surface area (Å²) in [5, 5.41) is 99.1. The first-order valence-electron chi connectivity index (χ1n) is 23.6. The van der Waals surface area contributed by atoms with Crippen LogP contribution in [0.5, 0.6) is 5.75 Å². The lowest BCUT2D eigenvalue weighted by Gasteiger charge is -2.34. The molecule has 23 heteroatoms. The van der Waals surface area contributed by atoms with Crippen molar-refractivity contribution in [3.05, 3.63) is 65.2 Å². The molecule has 3 aliphatic rings. The van der Waals surface area contributed by atoms with Gasteiger partial charge >= 0.3 is 0 Å². The Kier molecular flexibility index (Phi) is 18.8. The zero-order chi connectivity index (χ0) is 52.8. The Balaban J connectivity index is 1.64. The highest BCUT2D eigenvalue weighted by Gasteiger charge is 2.50. The third kappa shape index (κ3) is 14.1. The zero-order valence-electron chi connectivity index (χ0n) is 40.9. The van der Waals surface area contributed by atoms with Crippen LogP contribution < -0.4 is 21.3 Å². The van der Waals surface area contributed by atoms with Gasteiger partial charge in [0.1, 0.15) is 48.7 Å². The van der Waals surface area contributed by atoms with Crippen molar-refractivity contribution >= 4 is 41.2 Å². The first-order chi connectivity index (χ1) is 33.2. The monoisotopic (exact) mass is 1000 g/mol. The van der Waals surface area contributed by atoms with Crippen LogP contribution in [-0.4, -0.2) is 217 Å². The Labute approximate surface area is 411 Å². The Bertz CT molecular complexity index is 2220. The highest BCUT2D eigenvalue weighted by atomic mass is 16.5. The summed E-state index contributed by atoms with van der Waals surface area (Å²) in [7, 11) is 5.52. The number of aliphatic hydroxyl groups excluding tert-OH is 7. The summed E-state index contributed by atoms with van der Waals surface area (Å²) in [6.07, 6.45) is -16.1. The number of hydrogen-bond donors (Lipinski definition) is 12. The number of aryl methyl sites for hydroxylation is 1. The molecule has 23 nitrogen and oxygen atoms in total. The summed E-state index contributed by atoms with van der Waals surface area (Å²) in [5.41, 5.74) is 0.887. The predicted octanol–water partition coefficient (Wildman–Crippen LogP) is -3.70. The van der Waals surface area contributed by atoms with Gasteiger partial charge in [-0.1, -0.05) is 36.8 Å².